The molecule has 0 saturated heterocycles. The van der Waals surface area contributed by atoms with E-state index in [1.807, 2.05) is 6.92 Å². The Morgan fingerprint density at radius 1 is 1.33 bits per heavy atom. The molecule has 0 saturated carbocycles. The summed E-state index contributed by atoms with van der Waals surface area (Å²) in [5.41, 5.74) is 5.81. The van der Waals surface area contributed by atoms with E-state index in [9.17, 15) is 8.78 Å². The second kappa shape index (κ2) is 5.51. The third kappa shape index (κ3) is 2.90. The molecule has 2 aromatic rings. The van der Waals surface area contributed by atoms with Gasteiger partial charge in [0.15, 0.2) is 0 Å². The fourth-order valence-corrected chi connectivity index (χ4v) is 2.70. The Bertz CT molecular complexity index is 522. The van der Waals surface area contributed by atoms with E-state index in [1.165, 1.54) is 23.5 Å². The Hall–Kier alpha value is -1.37. The SMILES string of the molecule is Cc1ncsc1C(Cc1cc(F)cc(F)c1)NN. The van der Waals surface area contributed by atoms with E-state index in [1.54, 1.807) is 5.51 Å². The van der Waals surface area contributed by atoms with E-state index in [4.69, 9.17) is 5.84 Å². The van der Waals surface area contributed by atoms with Crippen molar-refractivity contribution < 1.29 is 8.78 Å². The molecule has 0 radical (unpaired) electrons. The van der Waals surface area contributed by atoms with Gasteiger partial charge in [0.25, 0.3) is 0 Å². The molecule has 1 unspecified atom stereocenters. The number of nitrogens with zero attached hydrogens (tertiary/aromatic N) is 1. The van der Waals surface area contributed by atoms with Crippen LogP contribution < -0.4 is 11.3 Å². The van der Waals surface area contributed by atoms with Crippen LogP contribution in [0.1, 0.15) is 22.2 Å². The van der Waals surface area contributed by atoms with Crippen LogP contribution in [0.4, 0.5) is 8.78 Å². The number of benzene rings is 1. The maximum Gasteiger partial charge on any atom is 0.126 e. The highest BCUT2D eigenvalue weighted by Gasteiger charge is 2.16. The quantitative estimate of drug-likeness (QED) is 0.662. The second-order valence-electron chi connectivity index (χ2n) is 4.00. The first-order valence-corrected chi connectivity index (χ1v) is 6.29. The van der Waals surface area contributed by atoms with Gasteiger partial charge in [-0.2, -0.15) is 0 Å². The van der Waals surface area contributed by atoms with Crippen molar-refractivity contribution in [2.24, 2.45) is 5.84 Å². The summed E-state index contributed by atoms with van der Waals surface area (Å²) in [4.78, 5) is 5.11. The van der Waals surface area contributed by atoms with Crippen molar-refractivity contribution in [3.05, 3.63) is 51.5 Å². The summed E-state index contributed by atoms with van der Waals surface area (Å²) < 4.78 is 26.2. The Kier molecular flexibility index (Phi) is 4.00. The minimum atomic E-state index is -0.582. The number of nitrogens with one attached hydrogen (secondary N) is 1. The smallest absolute Gasteiger partial charge is 0.126 e. The van der Waals surface area contributed by atoms with Crippen LogP contribution in [0, 0.1) is 18.6 Å². The summed E-state index contributed by atoms with van der Waals surface area (Å²) in [5, 5.41) is 0. The Morgan fingerprint density at radius 3 is 2.50 bits per heavy atom. The molecule has 0 bridgehead atoms. The molecule has 96 valence electrons. The number of aryl methyl sites for hydroxylation is 1. The van der Waals surface area contributed by atoms with Gasteiger partial charge in [0.2, 0.25) is 0 Å². The van der Waals surface area contributed by atoms with Crippen molar-refractivity contribution in [3.8, 4) is 0 Å². The molecule has 0 aliphatic carbocycles. The van der Waals surface area contributed by atoms with Gasteiger partial charge in [0.05, 0.1) is 17.2 Å². The molecule has 6 heteroatoms. The maximum atomic E-state index is 13.1. The number of hydrogen-bond donors (Lipinski definition) is 2. The lowest BCUT2D eigenvalue weighted by Gasteiger charge is -2.15. The maximum absolute atomic E-state index is 13.1. The topological polar surface area (TPSA) is 50.9 Å². The molecule has 0 fully saturated rings. The number of hydrazine groups is 1. The summed E-state index contributed by atoms with van der Waals surface area (Å²) in [6, 6.07) is 3.28. The molecule has 3 nitrogen and oxygen atoms in total. The van der Waals surface area contributed by atoms with Crippen LogP contribution >= 0.6 is 11.3 Å². The van der Waals surface area contributed by atoms with Gasteiger partial charge in [-0.3, -0.25) is 11.3 Å². The molecule has 0 amide bonds. The number of rotatable bonds is 4. The molecule has 1 aromatic heterocycles. The van der Waals surface area contributed by atoms with Crippen LogP contribution in [0.25, 0.3) is 0 Å². The number of thiazole rings is 1. The van der Waals surface area contributed by atoms with Crippen LogP contribution in [0.3, 0.4) is 0 Å². The van der Waals surface area contributed by atoms with Crippen LogP contribution in [0.2, 0.25) is 0 Å². The molecule has 0 aliphatic heterocycles. The lowest BCUT2D eigenvalue weighted by Crippen LogP contribution is -2.29. The Balaban J connectivity index is 2.23. The van der Waals surface area contributed by atoms with Gasteiger partial charge in [-0.05, 0) is 31.0 Å². The predicted molar refractivity (Wildman–Crippen MR) is 67.0 cm³/mol. The molecule has 0 spiro atoms. The Morgan fingerprint density at radius 2 is 2.00 bits per heavy atom. The van der Waals surface area contributed by atoms with Gasteiger partial charge in [-0.1, -0.05) is 0 Å². The van der Waals surface area contributed by atoms with Crippen molar-refractivity contribution in [2.75, 3.05) is 0 Å². The summed E-state index contributed by atoms with van der Waals surface area (Å²) in [7, 11) is 0. The fourth-order valence-electron chi connectivity index (χ4n) is 1.84. The molecule has 18 heavy (non-hydrogen) atoms. The fraction of sp³-hybridized carbons (Fsp3) is 0.250. The molecule has 3 N–H and O–H groups in total. The van der Waals surface area contributed by atoms with Gasteiger partial charge in [0, 0.05) is 10.9 Å². The summed E-state index contributed by atoms with van der Waals surface area (Å²) in [6.45, 7) is 1.88. The van der Waals surface area contributed by atoms with Gasteiger partial charge in [0.1, 0.15) is 11.6 Å². The summed E-state index contributed by atoms with van der Waals surface area (Å²) in [5.74, 6) is 4.33. The average molecular weight is 269 g/mol. The van der Waals surface area contributed by atoms with Crippen molar-refractivity contribution in [2.45, 2.75) is 19.4 Å². The third-order valence-electron chi connectivity index (χ3n) is 2.66. The standard InChI is InChI=1S/C12H13F2N3S/c1-7-12(18-6-16-7)11(17-15)4-8-2-9(13)5-10(14)3-8/h2-3,5-6,11,17H,4,15H2,1H3. The highest BCUT2D eigenvalue weighted by molar-refractivity contribution is 7.09. The first-order chi connectivity index (χ1) is 8.60. The lowest BCUT2D eigenvalue weighted by molar-refractivity contribution is 0.544. The van der Waals surface area contributed by atoms with Gasteiger partial charge < -0.3 is 0 Å². The van der Waals surface area contributed by atoms with E-state index in [0.717, 1.165) is 16.6 Å². The van der Waals surface area contributed by atoms with E-state index < -0.39 is 11.6 Å². The highest BCUT2D eigenvalue weighted by Crippen LogP contribution is 2.25. The first-order valence-electron chi connectivity index (χ1n) is 5.41. The van der Waals surface area contributed by atoms with E-state index in [-0.39, 0.29) is 6.04 Å². The number of nitrogens with two attached hydrogens (primary N) is 1. The normalized spacial score (nSPS) is 12.7. The minimum Gasteiger partial charge on any atom is -0.271 e. The molecule has 1 heterocycles. The van der Waals surface area contributed by atoms with Crippen LogP contribution in [-0.4, -0.2) is 4.98 Å². The van der Waals surface area contributed by atoms with E-state index >= 15 is 0 Å². The monoisotopic (exact) mass is 269 g/mol. The van der Waals surface area contributed by atoms with E-state index in [2.05, 4.69) is 10.4 Å². The summed E-state index contributed by atoms with van der Waals surface area (Å²) >= 11 is 1.47. The minimum absolute atomic E-state index is 0.196. The van der Waals surface area contributed by atoms with Crippen molar-refractivity contribution in [3.63, 3.8) is 0 Å². The average Bonchev–Trinajstić information content (AvgIpc) is 2.71. The molecule has 0 aliphatic rings. The number of hydrogen-bond acceptors (Lipinski definition) is 4. The molecule has 1 atom stereocenters. The van der Waals surface area contributed by atoms with Crippen LogP contribution in [0.15, 0.2) is 23.7 Å². The molecular weight excluding hydrogens is 256 g/mol. The van der Waals surface area contributed by atoms with Crippen LogP contribution in [0.5, 0.6) is 0 Å². The number of aromatic nitrogens is 1. The zero-order valence-electron chi connectivity index (χ0n) is 9.78. The zero-order valence-corrected chi connectivity index (χ0v) is 10.6. The zero-order chi connectivity index (χ0) is 13.1. The van der Waals surface area contributed by atoms with E-state index in [0.29, 0.717) is 12.0 Å². The van der Waals surface area contributed by atoms with Crippen molar-refractivity contribution in [1.29, 1.82) is 0 Å². The van der Waals surface area contributed by atoms with Crippen molar-refractivity contribution >= 4 is 11.3 Å². The van der Waals surface area contributed by atoms with Gasteiger partial charge in [-0.25, -0.2) is 13.8 Å². The lowest BCUT2D eigenvalue weighted by atomic mass is 10.0. The highest BCUT2D eigenvalue weighted by atomic mass is 32.1. The van der Waals surface area contributed by atoms with Gasteiger partial charge >= 0.3 is 0 Å². The molecule has 2 rings (SSSR count). The first kappa shape index (κ1) is 13.1. The molecule has 1 aromatic carbocycles. The summed E-state index contributed by atoms with van der Waals surface area (Å²) in [6.07, 6.45) is 0.411. The van der Waals surface area contributed by atoms with Crippen molar-refractivity contribution in [1.82, 2.24) is 10.4 Å². The third-order valence-corrected chi connectivity index (χ3v) is 3.71. The predicted octanol–water partition coefficient (Wildman–Crippen LogP) is 2.48. The Labute approximate surface area is 108 Å². The largest absolute Gasteiger partial charge is 0.271 e. The molecular formula is C12H13F2N3S. The van der Waals surface area contributed by atoms with Crippen LogP contribution in [-0.2, 0) is 6.42 Å². The second-order valence-corrected chi connectivity index (χ2v) is 4.89. The number of halogens is 2. The van der Waals surface area contributed by atoms with Gasteiger partial charge in [-0.15, -0.1) is 11.3 Å².